The molecule has 0 spiro atoms. The van der Waals surface area contributed by atoms with Gasteiger partial charge in [0.25, 0.3) is 0 Å². The first-order valence-corrected chi connectivity index (χ1v) is 5.98. The highest BCUT2D eigenvalue weighted by molar-refractivity contribution is 5.31. The van der Waals surface area contributed by atoms with Crippen LogP contribution in [-0.2, 0) is 4.74 Å². The Balaban J connectivity index is 2.78. The normalized spacial score (nSPS) is 12.8. The van der Waals surface area contributed by atoms with Crippen LogP contribution in [0.2, 0.25) is 0 Å². The maximum Gasteiger partial charge on any atom is 0.0480 e. The lowest BCUT2D eigenvalue weighted by Gasteiger charge is -2.19. The molecule has 0 aliphatic heterocycles. The molecule has 1 atom stereocenters. The summed E-state index contributed by atoms with van der Waals surface area (Å²) in [5.74, 6) is 0. The van der Waals surface area contributed by atoms with Crippen molar-refractivity contribution in [2.75, 3.05) is 20.3 Å². The largest absolute Gasteiger partial charge is 0.385 e. The first-order valence-electron chi connectivity index (χ1n) is 5.98. The van der Waals surface area contributed by atoms with Crippen molar-refractivity contribution in [3.63, 3.8) is 0 Å². The number of hydrogen-bond donors (Lipinski definition) is 1. The number of methoxy groups -OCH3 is 1. The Morgan fingerprint density at radius 3 is 2.56 bits per heavy atom. The van der Waals surface area contributed by atoms with E-state index in [0.29, 0.717) is 6.04 Å². The van der Waals surface area contributed by atoms with E-state index in [1.165, 1.54) is 16.7 Å². The molecule has 0 saturated heterocycles. The molecule has 0 aromatic heterocycles. The molecule has 2 nitrogen and oxygen atoms in total. The van der Waals surface area contributed by atoms with Gasteiger partial charge in [0.1, 0.15) is 0 Å². The maximum absolute atomic E-state index is 5.15. The molecule has 90 valence electrons. The predicted octanol–water partition coefficient (Wildman–Crippen LogP) is 2.99. The lowest BCUT2D eigenvalue weighted by atomic mass is 9.99. The molecule has 0 radical (unpaired) electrons. The third-order valence-corrected chi connectivity index (χ3v) is 2.99. The van der Waals surface area contributed by atoms with Crippen molar-refractivity contribution in [3.05, 3.63) is 34.9 Å². The van der Waals surface area contributed by atoms with Crippen LogP contribution in [0, 0.1) is 13.8 Å². The summed E-state index contributed by atoms with van der Waals surface area (Å²) in [4.78, 5) is 0. The van der Waals surface area contributed by atoms with E-state index in [1.807, 2.05) is 0 Å². The Bertz CT molecular complexity index is 323. The van der Waals surface area contributed by atoms with Crippen molar-refractivity contribution in [2.45, 2.75) is 33.2 Å². The molecule has 0 saturated carbocycles. The predicted molar refractivity (Wildman–Crippen MR) is 68.8 cm³/mol. The zero-order chi connectivity index (χ0) is 12.0. The fourth-order valence-corrected chi connectivity index (χ4v) is 1.85. The van der Waals surface area contributed by atoms with Gasteiger partial charge in [-0.15, -0.1) is 0 Å². The first-order chi connectivity index (χ1) is 7.69. The average molecular weight is 221 g/mol. The number of nitrogens with one attached hydrogen (secondary N) is 1. The lowest BCUT2D eigenvalue weighted by Crippen LogP contribution is -2.22. The minimum Gasteiger partial charge on any atom is -0.385 e. The van der Waals surface area contributed by atoms with Crippen LogP contribution < -0.4 is 5.32 Å². The van der Waals surface area contributed by atoms with Gasteiger partial charge in [-0.2, -0.15) is 0 Å². The molecule has 1 unspecified atom stereocenters. The Labute approximate surface area is 99.0 Å². The van der Waals surface area contributed by atoms with E-state index < -0.39 is 0 Å². The number of hydrogen-bond acceptors (Lipinski definition) is 2. The van der Waals surface area contributed by atoms with E-state index in [-0.39, 0.29) is 0 Å². The monoisotopic (exact) mass is 221 g/mol. The molecular weight excluding hydrogens is 198 g/mol. The fourth-order valence-electron chi connectivity index (χ4n) is 1.85. The van der Waals surface area contributed by atoms with E-state index in [2.05, 4.69) is 44.3 Å². The second-order valence-corrected chi connectivity index (χ2v) is 4.24. The molecule has 0 heterocycles. The zero-order valence-corrected chi connectivity index (χ0v) is 10.8. The molecule has 1 rings (SSSR count). The average Bonchev–Trinajstić information content (AvgIpc) is 2.28. The first kappa shape index (κ1) is 13.2. The maximum atomic E-state index is 5.15. The smallest absolute Gasteiger partial charge is 0.0480 e. The van der Waals surface area contributed by atoms with Gasteiger partial charge in [0.2, 0.25) is 0 Å². The van der Waals surface area contributed by atoms with E-state index in [9.17, 15) is 0 Å². The van der Waals surface area contributed by atoms with Crippen LogP contribution in [0.1, 0.15) is 36.1 Å². The molecule has 1 N–H and O–H groups in total. The topological polar surface area (TPSA) is 21.3 Å². The third kappa shape index (κ3) is 3.62. The van der Waals surface area contributed by atoms with Crippen molar-refractivity contribution in [1.82, 2.24) is 5.32 Å². The Morgan fingerprint density at radius 1 is 1.25 bits per heavy atom. The van der Waals surface area contributed by atoms with E-state index in [0.717, 1.165) is 19.6 Å². The summed E-state index contributed by atoms with van der Waals surface area (Å²) < 4.78 is 5.15. The fraction of sp³-hybridized carbons (Fsp3) is 0.571. The van der Waals surface area contributed by atoms with Crippen LogP contribution in [0.5, 0.6) is 0 Å². The van der Waals surface area contributed by atoms with Gasteiger partial charge in [0, 0.05) is 19.8 Å². The number of aryl methyl sites for hydroxylation is 2. The molecule has 2 heteroatoms. The second kappa shape index (κ2) is 6.66. The summed E-state index contributed by atoms with van der Waals surface area (Å²) in [7, 11) is 1.75. The lowest BCUT2D eigenvalue weighted by molar-refractivity contribution is 0.183. The van der Waals surface area contributed by atoms with Crippen LogP contribution >= 0.6 is 0 Å². The van der Waals surface area contributed by atoms with Gasteiger partial charge in [-0.3, -0.25) is 0 Å². The van der Waals surface area contributed by atoms with Crippen molar-refractivity contribution in [1.29, 1.82) is 0 Å². The summed E-state index contributed by atoms with van der Waals surface area (Å²) in [6.07, 6.45) is 1.02. The molecule has 0 amide bonds. The van der Waals surface area contributed by atoms with Gasteiger partial charge in [-0.05, 0) is 43.5 Å². The number of benzene rings is 1. The van der Waals surface area contributed by atoms with E-state index in [4.69, 9.17) is 4.74 Å². The van der Waals surface area contributed by atoms with Crippen LogP contribution in [-0.4, -0.2) is 20.3 Å². The van der Waals surface area contributed by atoms with Crippen molar-refractivity contribution >= 4 is 0 Å². The quantitative estimate of drug-likeness (QED) is 0.797. The molecule has 0 aliphatic carbocycles. The summed E-state index contributed by atoms with van der Waals surface area (Å²) in [5, 5.41) is 3.50. The molecule has 0 aliphatic rings. The third-order valence-electron chi connectivity index (χ3n) is 2.99. The van der Waals surface area contributed by atoms with Crippen LogP contribution in [0.15, 0.2) is 18.2 Å². The summed E-state index contributed by atoms with van der Waals surface area (Å²) in [5.41, 5.74) is 4.07. The summed E-state index contributed by atoms with van der Waals surface area (Å²) in [6, 6.07) is 7.09. The highest BCUT2D eigenvalue weighted by Crippen LogP contribution is 2.19. The van der Waals surface area contributed by atoms with E-state index >= 15 is 0 Å². The van der Waals surface area contributed by atoms with Crippen LogP contribution in [0.4, 0.5) is 0 Å². The Hall–Kier alpha value is -0.860. The minimum atomic E-state index is 0.407. The standard InChI is InChI=1S/C14H23NO/c1-5-15-14(8-9-16-4)13-7-6-11(2)12(3)10-13/h6-7,10,14-15H,5,8-9H2,1-4H3. The van der Waals surface area contributed by atoms with Gasteiger partial charge in [0.15, 0.2) is 0 Å². The highest BCUT2D eigenvalue weighted by atomic mass is 16.5. The summed E-state index contributed by atoms with van der Waals surface area (Å²) in [6.45, 7) is 8.24. The molecule has 0 fully saturated rings. The van der Waals surface area contributed by atoms with Gasteiger partial charge >= 0.3 is 0 Å². The number of ether oxygens (including phenoxy) is 1. The second-order valence-electron chi connectivity index (χ2n) is 4.24. The van der Waals surface area contributed by atoms with E-state index in [1.54, 1.807) is 7.11 Å². The minimum absolute atomic E-state index is 0.407. The van der Waals surface area contributed by atoms with Gasteiger partial charge in [-0.25, -0.2) is 0 Å². The Morgan fingerprint density at radius 2 is 2.00 bits per heavy atom. The molecule has 0 bridgehead atoms. The molecule has 16 heavy (non-hydrogen) atoms. The Kier molecular flexibility index (Phi) is 5.50. The highest BCUT2D eigenvalue weighted by Gasteiger charge is 2.10. The summed E-state index contributed by atoms with van der Waals surface area (Å²) >= 11 is 0. The van der Waals surface area contributed by atoms with Gasteiger partial charge < -0.3 is 10.1 Å². The van der Waals surface area contributed by atoms with Gasteiger partial charge in [0.05, 0.1) is 0 Å². The van der Waals surface area contributed by atoms with Crippen molar-refractivity contribution in [3.8, 4) is 0 Å². The zero-order valence-electron chi connectivity index (χ0n) is 10.8. The molecule has 1 aromatic rings. The van der Waals surface area contributed by atoms with Crippen molar-refractivity contribution < 1.29 is 4.74 Å². The van der Waals surface area contributed by atoms with Crippen molar-refractivity contribution in [2.24, 2.45) is 0 Å². The van der Waals surface area contributed by atoms with Crippen LogP contribution in [0.25, 0.3) is 0 Å². The SMILES string of the molecule is CCNC(CCOC)c1ccc(C)c(C)c1. The van der Waals surface area contributed by atoms with Gasteiger partial charge in [-0.1, -0.05) is 25.1 Å². The van der Waals surface area contributed by atoms with Crippen LogP contribution in [0.3, 0.4) is 0 Å². The molecular formula is C14H23NO. The molecule has 1 aromatic carbocycles. The number of rotatable bonds is 6.